The Bertz CT molecular complexity index is 1170. The minimum absolute atomic E-state index is 0.0608. The molecule has 0 atom stereocenters. The van der Waals surface area contributed by atoms with Crippen molar-refractivity contribution >= 4 is 11.6 Å². The third kappa shape index (κ3) is 4.39. The highest BCUT2D eigenvalue weighted by Gasteiger charge is 2.13. The molecule has 1 heterocycles. The molecule has 0 radical (unpaired) electrons. The Morgan fingerprint density at radius 3 is 2.10 bits per heavy atom. The maximum absolute atomic E-state index is 12.5. The van der Waals surface area contributed by atoms with Crippen LogP contribution in [-0.4, -0.2) is 15.9 Å². The molecule has 4 rings (SSSR count). The molecule has 6 nitrogen and oxygen atoms in total. The van der Waals surface area contributed by atoms with Gasteiger partial charge in [-0.3, -0.25) is 9.59 Å². The number of rotatable bonds is 5. The number of nitrogens with zero attached hydrogens (tertiary/aromatic N) is 1. The minimum atomic E-state index is -0.532. The number of nitrogens with one attached hydrogen (secondary N) is 2. The Labute approximate surface area is 166 Å². The number of H-pyrrole nitrogens is 1. The van der Waals surface area contributed by atoms with Crippen LogP contribution in [0.15, 0.2) is 95.9 Å². The summed E-state index contributed by atoms with van der Waals surface area (Å²) in [5.41, 5.74) is 0.752. The topological polar surface area (TPSA) is 84.1 Å². The number of hydrogen-bond donors (Lipinski definition) is 2. The zero-order valence-corrected chi connectivity index (χ0v) is 15.3. The van der Waals surface area contributed by atoms with Crippen molar-refractivity contribution in [3.63, 3.8) is 0 Å². The van der Waals surface area contributed by atoms with E-state index in [-0.39, 0.29) is 5.56 Å². The summed E-state index contributed by atoms with van der Waals surface area (Å²) in [6.07, 6.45) is 1.28. The molecule has 0 saturated carbocycles. The molecule has 3 aromatic carbocycles. The standard InChI is InChI=1S/C23H17N3O3/c27-22(20-15-24-21(26-23(20)28)16-7-3-1-4-8-16)25-17-11-13-19(14-12-17)29-18-9-5-2-6-10-18/h1-15H,(H,25,27)(H,24,26,28). The van der Waals surface area contributed by atoms with Crippen LogP contribution >= 0.6 is 0 Å². The molecule has 1 amide bonds. The zero-order chi connectivity index (χ0) is 20.1. The highest BCUT2D eigenvalue weighted by atomic mass is 16.5. The summed E-state index contributed by atoms with van der Waals surface area (Å²) < 4.78 is 5.72. The van der Waals surface area contributed by atoms with Gasteiger partial charge in [0, 0.05) is 17.4 Å². The van der Waals surface area contributed by atoms with Gasteiger partial charge in [0.1, 0.15) is 22.9 Å². The van der Waals surface area contributed by atoms with Gasteiger partial charge in [-0.25, -0.2) is 4.98 Å². The van der Waals surface area contributed by atoms with Gasteiger partial charge in [-0.15, -0.1) is 0 Å². The lowest BCUT2D eigenvalue weighted by Crippen LogP contribution is -2.24. The molecule has 0 bridgehead atoms. The molecular weight excluding hydrogens is 366 g/mol. The molecule has 0 aliphatic rings. The zero-order valence-electron chi connectivity index (χ0n) is 15.3. The van der Waals surface area contributed by atoms with E-state index in [0.717, 1.165) is 11.3 Å². The van der Waals surface area contributed by atoms with Gasteiger partial charge in [0.15, 0.2) is 0 Å². The molecule has 2 N–H and O–H groups in total. The molecular formula is C23H17N3O3. The maximum atomic E-state index is 12.5. The monoisotopic (exact) mass is 383 g/mol. The van der Waals surface area contributed by atoms with Crippen molar-refractivity contribution in [3.05, 3.63) is 107 Å². The average molecular weight is 383 g/mol. The van der Waals surface area contributed by atoms with Crippen LogP contribution in [0, 0.1) is 0 Å². The van der Waals surface area contributed by atoms with Crippen LogP contribution in [0.1, 0.15) is 10.4 Å². The summed E-state index contributed by atoms with van der Waals surface area (Å²) >= 11 is 0. The summed E-state index contributed by atoms with van der Waals surface area (Å²) in [5.74, 6) is 1.24. The summed E-state index contributed by atoms with van der Waals surface area (Å²) in [4.78, 5) is 31.6. The lowest BCUT2D eigenvalue weighted by atomic mass is 10.2. The second-order valence-corrected chi connectivity index (χ2v) is 6.23. The van der Waals surface area contributed by atoms with E-state index in [1.807, 2.05) is 60.7 Å². The third-order valence-corrected chi connectivity index (χ3v) is 4.18. The van der Waals surface area contributed by atoms with E-state index in [1.54, 1.807) is 24.3 Å². The second-order valence-electron chi connectivity index (χ2n) is 6.23. The van der Waals surface area contributed by atoms with Crippen LogP contribution in [0.5, 0.6) is 11.5 Å². The summed E-state index contributed by atoms with van der Waals surface area (Å²) in [6.45, 7) is 0. The molecule has 1 aromatic heterocycles. The minimum Gasteiger partial charge on any atom is -0.457 e. The summed E-state index contributed by atoms with van der Waals surface area (Å²) in [6, 6.07) is 25.5. The Hall–Kier alpha value is -4.19. The number of hydrogen-bond acceptors (Lipinski definition) is 4. The van der Waals surface area contributed by atoms with E-state index >= 15 is 0 Å². The van der Waals surface area contributed by atoms with Crippen LogP contribution < -0.4 is 15.6 Å². The Balaban J connectivity index is 1.46. The van der Waals surface area contributed by atoms with Gasteiger partial charge >= 0.3 is 0 Å². The van der Waals surface area contributed by atoms with Gasteiger partial charge in [-0.05, 0) is 36.4 Å². The first-order chi connectivity index (χ1) is 14.2. The number of para-hydroxylation sites is 1. The first-order valence-corrected chi connectivity index (χ1v) is 8.98. The first-order valence-electron chi connectivity index (χ1n) is 8.98. The van der Waals surface area contributed by atoms with Crippen molar-refractivity contribution in [3.8, 4) is 22.9 Å². The van der Waals surface area contributed by atoms with Crippen molar-refractivity contribution in [1.29, 1.82) is 0 Å². The fourth-order valence-electron chi connectivity index (χ4n) is 2.73. The van der Waals surface area contributed by atoms with Crippen LogP contribution in [0.3, 0.4) is 0 Å². The van der Waals surface area contributed by atoms with Crippen molar-refractivity contribution in [2.75, 3.05) is 5.32 Å². The predicted molar refractivity (Wildman–Crippen MR) is 111 cm³/mol. The quantitative estimate of drug-likeness (QED) is 0.532. The van der Waals surface area contributed by atoms with Crippen LogP contribution in [0.25, 0.3) is 11.4 Å². The Morgan fingerprint density at radius 2 is 1.45 bits per heavy atom. The van der Waals surface area contributed by atoms with Gasteiger partial charge in [0.2, 0.25) is 0 Å². The molecule has 0 fully saturated rings. The fourth-order valence-corrected chi connectivity index (χ4v) is 2.73. The van der Waals surface area contributed by atoms with E-state index in [0.29, 0.717) is 17.3 Å². The Morgan fingerprint density at radius 1 is 0.828 bits per heavy atom. The predicted octanol–water partition coefficient (Wildman–Crippen LogP) is 4.48. The molecule has 6 heteroatoms. The van der Waals surface area contributed by atoms with Gasteiger partial charge in [-0.1, -0.05) is 48.5 Å². The highest BCUT2D eigenvalue weighted by molar-refractivity contribution is 6.03. The van der Waals surface area contributed by atoms with E-state index in [4.69, 9.17) is 4.74 Å². The number of anilines is 1. The van der Waals surface area contributed by atoms with E-state index in [9.17, 15) is 9.59 Å². The molecule has 0 spiro atoms. The highest BCUT2D eigenvalue weighted by Crippen LogP contribution is 2.22. The number of amides is 1. The average Bonchev–Trinajstić information content (AvgIpc) is 2.76. The van der Waals surface area contributed by atoms with E-state index < -0.39 is 11.5 Å². The number of aromatic amines is 1. The van der Waals surface area contributed by atoms with Crippen molar-refractivity contribution in [1.82, 2.24) is 9.97 Å². The maximum Gasteiger partial charge on any atom is 0.264 e. The Kier molecular flexibility index (Phi) is 5.16. The van der Waals surface area contributed by atoms with Crippen LogP contribution in [-0.2, 0) is 0 Å². The van der Waals surface area contributed by atoms with E-state index in [2.05, 4.69) is 15.3 Å². The van der Waals surface area contributed by atoms with Gasteiger partial charge in [-0.2, -0.15) is 0 Å². The third-order valence-electron chi connectivity index (χ3n) is 4.18. The fraction of sp³-hybridized carbons (Fsp3) is 0. The van der Waals surface area contributed by atoms with Gasteiger partial charge in [0.25, 0.3) is 11.5 Å². The smallest absolute Gasteiger partial charge is 0.264 e. The van der Waals surface area contributed by atoms with Crippen LogP contribution in [0.4, 0.5) is 5.69 Å². The lowest BCUT2D eigenvalue weighted by molar-refractivity contribution is 0.102. The van der Waals surface area contributed by atoms with Gasteiger partial charge in [0.05, 0.1) is 0 Å². The number of aromatic nitrogens is 2. The molecule has 142 valence electrons. The van der Waals surface area contributed by atoms with Crippen molar-refractivity contribution < 1.29 is 9.53 Å². The molecule has 29 heavy (non-hydrogen) atoms. The first kappa shape index (κ1) is 18.2. The summed E-state index contributed by atoms with van der Waals surface area (Å²) in [5, 5.41) is 2.69. The molecule has 0 unspecified atom stereocenters. The SMILES string of the molecule is O=C(Nc1ccc(Oc2ccccc2)cc1)c1cnc(-c2ccccc2)[nH]c1=O. The van der Waals surface area contributed by atoms with Crippen molar-refractivity contribution in [2.45, 2.75) is 0 Å². The largest absolute Gasteiger partial charge is 0.457 e. The van der Waals surface area contributed by atoms with Crippen molar-refractivity contribution in [2.24, 2.45) is 0 Å². The number of carbonyl (C=O) groups is 1. The lowest BCUT2D eigenvalue weighted by Gasteiger charge is -2.08. The number of ether oxygens (including phenoxy) is 1. The molecule has 0 aliphatic heterocycles. The van der Waals surface area contributed by atoms with Gasteiger partial charge < -0.3 is 15.0 Å². The normalized spacial score (nSPS) is 10.3. The molecule has 4 aromatic rings. The second kappa shape index (κ2) is 8.22. The number of carbonyl (C=O) groups excluding carboxylic acids is 1. The number of benzene rings is 3. The molecule has 0 aliphatic carbocycles. The summed E-state index contributed by atoms with van der Waals surface area (Å²) in [7, 11) is 0. The van der Waals surface area contributed by atoms with E-state index in [1.165, 1.54) is 6.20 Å². The van der Waals surface area contributed by atoms with Crippen LogP contribution in [0.2, 0.25) is 0 Å². The molecule has 0 saturated heterocycles.